The average Bonchev–Trinajstić information content (AvgIpc) is 3.29. The second-order valence-electron chi connectivity index (χ2n) is 7.02. The van der Waals surface area contributed by atoms with Gasteiger partial charge in [0.2, 0.25) is 5.91 Å². The Morgan fingerprint density at radius 3 is 2.52 bits per heavy atom. The summed E-state index contributed by atoms with van der Waals surface area (Å²) in [6.45, 7) is 3.58. The van der Waals surface area contributed by atoms with E-state index in [1.54, 1.807) is 21.8 Å². The summed E-state index contributed by atoms with van der Waals surface area (Å²) in [6, 6.07) is 7.26. The molecule has 0 radical (unpaired) electrons. The molecule has 8 heteroatoms. The van der Waals surface area contributed by atoms with E-state index in [-0.39, 0.29) is 18.5 Å². The van der Waals surface area contributed by atoms with Crippen molar-refractivity contribution in [3.63, 3.8) is 0 Å². The molecule has 3 aliphatic heterocycles. The van der Waals surface area contributed by atoms with Crippen LogP contribution in [0.3, 0.4) is 0 Å². The number of nitrogens with zero attached hydrogens (tertiary/aromatic N) is 3. The maximum absolute atomic E-state index is 12.8. The third-order valence-electron chi connectivity index (χ3n) is 5.49. The lowest BCUT2D eigenvalue weighted by molar-refractivity contribution is -0.187. The van der Waals surface area contributed by atoms with Crippen molar-refractivity contribution in [3.05, 3.63) is 24.3 Å². The maximum atomic E-state index is 12.8. The first-order chi connectivity index (χ1) is 13.1. The van der Waals surface area contributed by atoms with Crippen molar-refractivity contribution in [2.24, 2.45) is 0 Å². The van der Waals surface area contributed by atoms with Gasteiger partial charge in [0.05, 0.1) is 26.0 Å². The molecule has 3 fully saturated rings. The van der Waals surface area contributed by atoms with E-state index in [4.69, 9.17) is 14.2 Å². The Morgan fingerprint density at radius 2 is 1.81 bits per heavy atom. The van der Waals surface area contributed by atoms with Gasteiger partial charge < -0.3 is 24.0 Å². The summed E-state index contributed by atoms with van der Waals surface area (Å²) in [6.07, 6.45) is 1.36. The van der Waals surface area contributed by atoms with E-state index in [1.165, 1.54) is 0 Å². The number of carbonyl (C=O) groups is 2. The van der Waals surface area contributed by atoms with Gasteiger partial charge in [0.25, 0.3) is 0 Å². The lowest BCUT2D eigenvalue weighted by Gasteiger charge is -2.38. The van der Waals surface area contributed by atoms with Gasteiger partial charge in [0.15, 0.2) is 5.79 Å². The average molecular weight is 375 g/mol. The molecule has 3 aliphatic rings. The predicted octanol–water partition coefficient (Wildman–Crippen LogP) is 1.30. The van der Waals surface area contributed by atoms with E-state index >= 15 is 0 Å². The number of amides is 3. The molecule has 3 saturated heterocycles. The molecule has 3 amide bonds. The highest BCUT2D eigenvalue weighted by Crippen LogP contribution is 2.32. The summed E-state index contributed by atoms with van der Waals surface area (Å²) in [7, 11) is 1.58. The quantitative estimate of drug-likeness (QED) is 0.793. The van der Waals surface area contributed by atoms with Crippen LogP contribution in [0.25, 0.3) is 0 Å². The van der Waals surface area contributed by atoms with Gasteiger partial charge in [-0.2, -0.15) is 0 Å². The molecule has 0 unspecified atom stereocenters. The molecule has 0 atom stereocenters. The summed E-state index contributed by atoms with van der Waals surface area (Å²) < 4.78 is 16.8. The van der Waals surface area contributed by atoms with E-state index in [1.807, 2.05) is 24.3 Å². The lowest BCUT2D eigenvalue weighted by atomic mass is 10.0. The molecule has 8 nitrogen and oxygen atoms in total. The number of piperidine rings is 1. The van der Waals surface area contributed by atoms with Crippen LogP contribution in [0.5, 0.6) is 5.75 Å². The fourth-order valence-corrected chi connectivity index (χ4v) is 3.95. The number of methoxy groups -OCH3 is 1. The summed E-state index contributed by atoms with van der Waals surface area (Å²) in [4.78, 5) is 30.5. The fourth-order valence-electron chi connectivity index (χ4n) is 3.95. The summed E-state index contributed by atoms with van der Waals surface area (Å²) in [5, 5.41) is 0. The van der Waals surface area contributed by atoms with Gasteiger partial charge in [-0.15, -0.1) is 0 Å². The van der Waals surface area contributed by atoms with Gasteiger partial charge >= 0.3 is 6.03 Å². The number of likely N-dealkylation sites (tertiary alicyclic amines) is 1. The standard InChI is InChI=1S/C19H25N3O5/c1-25-16-5-3-2-4-15(16)22-11-10-21(18(22)24)14-17(23)20-8-6-19(7-9-20)26-12-13-27-19/h2-5H,6-14H2,1H3. The molecule has 0 aromatic heterocycles. The SMILES string of the molecule is COc1ccccc1N1CCN(CC(=O)N2CCC3(CC2)OCCO3)C1=O. The summed E-state index contributed by atoms with van der Waals surface area (Å²) in [5.41, 5.74) is 0.732. The molecule has 1 aromatic rings. The summed E-state index contributed by atoms with van der Waals surface area (Å²) in [5.74, 6) is 0.121. The van der Waals surface area contributed by atoms with Crippen molar-refractivity contribution in [2.45, 2.75) is 18.6 Å². The Bertz CT molecular complexity index is 709. The highest BCUT2D eigenvalue weighted by atomic mass is 16.7. The van der Waals surface area contributed by atoms with Crippen LogP contribution in [0.15, 0.2) is 24.3 Å². The fraction of sp³-hybridized carbons (Fsp3) is 0.579. The second-order valence-corrected chi connectivity index (χ2v) is 7.02. The number of hydrogen-bond acceptors (Lipinski definition) is 5. The maximum Gasteiger partial charge on any atom is 0.325 e. The molecule has 4 rings (SSSR count). The van der Waals surface area contributed by atoms with E-state index in [9.17, 15) is 9.59 Å². The zero-order valence-corrected chi connectivity index (χ0v) is 15.6. The molecule has 0 aliphatic carbocycles. The Hall–Kier alpha value is -2.32. The van der Waals surface area contributed by atoms with E-state index in [0.717, 1.165) is 5.69 Å². The molecule has 0 N–H and O–H groups in total. The molecular formula is C19H25N3O5. The lowest BCUT2D eigenvalue weighted by Crippen LogP contribution is -2.50. The van der Waals surface area contributed by atoms with Crippen molar-refractivity contribution in [1.29, 1.82) is 0 Å². The van der Waals surface area contributed by atoms with Crippen LogP contribution in [-0.4, -0.2) is 80.6 Å². The Labute approximate surface area is 158 Å². The Kier molecular flexibility index (Phi) is 4.92. The normalized spacial score (nSPS) is 22.0. The minimum absolute atomic E-state index is 0.0296. The van der Waals surface area contributed by atoms with Crippen LogP contribution < -0.4 is 9.64 Å². The molecule has 1 aromatic carbocycles. The molecule has 146 valence electrons. The first-order valence-corrected chi connectivity index (χ1v) is 9.37. The van der Waals surface area contributed by atoms with Crippen molar-refractivity contribution in [3.8, 4) is 5.75 Å². The highest BCUT2D eigenvalue weighted by molar-refractivity contribution is 5.97. The minimum atomic E-state index is -0.499. The number of rotatable bonds is 4. The van der Waals surface area contributed by atoms with Crippen molar-refractivity contribution in [2.75, 3.05) is 57.9 Å². The van der Waals surface area contributed by atoms with Crippen LogP contribution in [0.4, 0.5) is 10.5 Å². The van der Waals surface area contributed by atoms with Crippen LogP contribution in [0, 0.1) is 0 Å². The van der Waals surface area contributed by atoms with Gasteiger partial charge in [0, 0.05) is 39.0 Å². The zero-order valence-electron chi connectivity index (χ0n) is 15.6. The van der Waals surface area contributed by atoms with Gasteiger partial charge in [-0.25, -0.2) is 4.79 Å². The Morgan fingerprint density at radius 1 is 1.11 bits per heavy atom. The smallest absolute Gasteiger partial charge is 0.325 e. The number of benzene rings is 1. The molecule has 0 bridgehead atoms. The molecule has 0 saturated carbocycles. The zero-order chi connectivity index (χ0) is 18.9. The number of hydrogen-bond donors (Lipinski definition) is 0. The number of anilines is 1. The second kappa shape index (κ2) is 7.36. The monoisotopic (exact) mass is 375 g/mol. The van der Waals surface area contributed by atoms with E-state index in [2.05, 4.69) is 0 Å². The van der Waals surface area contributed by atoms with Crippen LogP contribution >= 0.6 is 0 Å². The van der Waals surface area contributed by atoms with Gasteiger partial charge in [-0.1, -0.05) is 12.1 Å². The predicted molar refractivity (Wildman–Crippen MR) is 97.8 cm³/mol. The molecule has 3 heterocycles. The molecule has 1 spiro atoms. The van der Waals surface area contributed by atoms with Crippen molar-refractivity contribution in [1.82, 2.24) is 9.80 Å². The van der Waals surface area contributed by atoms with Crippen LogP contribution in [0.1, 0.15) is 12.8 Å². The van der Waals surface area contributed by atoms with Gasteiger partial charge in [-0.3, -0.25) is 9.69 Å². The first kappa shape index (κ1) is 18.1. The van der Waals surface area contributed by atoms with Crippen LogP contribution in [0.2, 0.25) is 0 Å². The Balaban J connectivity index is 1.35. The number of carbonyl (C=O) groups excluding carboxylic acids is 2. The largest absolute Gasteiger partial charge is 0.495 e. The van der Waals surface area contributed by atoms with Crippen molar-refractivity contribution < 1.29 is 23.8 Å². The minimum Gasteiger partial charge on any atom is -0.495 e. The third kappa shape index (κ3) is 3.46. The van der Waals surface area contributed by atoms with Crippen LogP contribution in [-0.2, 0) is 14.3 Å². The molecular weight excluding hydrogens is 350 g/mol. The number of urea groups is 1. The first-order valence-electron chi connectivity index (χ1n) is 9.37. The van der Waals surface area contributed by atoms with Gasteiger partial charge in [-0.05, 0) is 12.1 Å². The highest BCUT2D eigenvalue weighted by Gasteiger charge is 2.41. The number of ether oxygens (including phenoxy) is 3. The van der Waals surface area contributed by atoms with Crippen molar-refractivity contribution >= 4 is 17.6 Å². The molecule has 27 heavy (non-hydrogen) atoms. The van der Waals surface area contributed by atoms with Gasteiger partial charge in [0.1, 0.15) is 12.3 Å². The summed E-state index contributed by atoms with van der Waals surface area (Å²) >= 11 is 0. The third-order valence-corrected chi connectivity index (χ3v) is 5.49. The van der Waals surface area contributed by atoms with E-state index < -0.39 is 5.79 Å². The topological polar surface area (TPSA) is 71.6 Å². The number of para-hydroxylation sites is 2. The van der Waals surface area contributed by atoms with E-state index in [0.29, 0.717) is 58.0 Å².